The predicted octanol–water partition coefficient (Wildman–Crippen LogP) is 3.70. The first-order chi connectivity index (χ1) is 7.20. The van der Waals surface area contributed by atoms with Crippen LogP contribution >= 0.6 is 11.6 Å². The molecule has 0 aliphatic heterocycles. The fourth-order valence-corrected chi connectivity index (χ4v) is 1.67. The Kier molecular flexibility index (Phi) is 2.78. The molecule has 2 aromatic rings. The smallest absolute Gasteiger partial charge is 0.226 e. The van der Waals surface area contributed by atoms with Crippen molar-refractivity contribution in [3.8, 4) is 11.5 Å². The molecule has 0 aliphatic carbocycles. The van der Waals surface area contributed by atoms with Gasteiger partial charge in [-0.1, -0.05) is 17.7 Å². The molecule has 2 nitrogen and oxygen atoms in total. The number of rotatable bonds is 2. The number of oxazole rings is 1. The minimum absolute atomic E-state index is 0.383. The van der Waals surface area contributed by atoms with Crippen molar-refractivity contribution in [1.29, 1.82) is 0 Å². The highest BCUT2D eigenvalue weighted by Gasteiger charge is 2.08. The maximum atomic E-state index is 5.67. The lowest BCUT2D eigenvalue weighted by Gasteiger charge is -2.01. The molecule has 0 N–H and O–H groups in total. The number of hydrogen-bond donors (Lipinski definition) is 0. The quantitative estimate of drug-likeness (QED) is 0.723. The van der Waals surface area contributed by atoms with Gasteiger partial charge in [0.1, 0.15) is 6.26 Å². The molecule has 0 fully saturated rings. The summed E-state index contributed by atoms with van der Waals surface area (Å²) in [6, 6.07) is 6.18. The Hall–Kier alpha value is -1.28. The minimum atomic E-state index is 0.383. The second kappa shape index (κ2) is 4.07. The molecule has 0 saturated heterocycles. The van der Waals surface area contributed by atoms with E-state index in [0.29, 0.717) is 11.8 Å². The number of aromatic nitrogens is 1. The summed E-state index contributed by atoms with van der Waals surface area (Å²) in [5.41, 5.74) is 4.20. The van der Waals surface area contributed by atoms with E-state index in [1.165, 1.54) is 5.56 Å². The van der Waals surface area contributed by atoms with Gasteiger partial charge in [-0.25, -0.2) is 4.98 Å². The molecular weight excluding hydrogens is 210 g/mol. The van der Waals surface area contributed by atoms with Crippen molar-refractivity contribution in [2.75, 3.05) is 0 Å². The number of aryl methyl sites for hydroxylation is 2. The van der Waals surface area contributed by atoms with Crippen LogP contribution in [0, 0.1) is 13.8 Å². The highest BCUT2D eigenvalue weighted by Crippen LogP contribution is 2.23. The van der Waals surface area contributed by atoms with Gasteiger partial charge in [-0.15, -0.1) is 11.6 Å². The van der Waals surface area contributed by atoms with Crippen LogP contribution in [0.15, 0.2) is 28.9 Å². The summed E-state index contributed by atoms with van der Waals surface area (Å²) in [5.74, 6) is 1.03. The Morgan fingerprint density at radius 3 is 2.73 bits per heavy atom. The van der Waals surface area contributed by atoms with Crippen LogP contribution in [0.1, 0.15) is 16.8 Å². The number of halogens is 1. The summed E-state index contributed by atoms with van der Waals surface area (Å²) in [5, 5.41) is 0. The zero-order valence-electron chi connectivity index (χ0n) is 8.75. The third kappa shape index (κ3) is 2.05. The fourth-order valence-electron chi connectivity index (χ4n) is 1.55. The van der Waals surface area contributed by atoms with Crippen LogP contribution in [-0.2, 0) is 5.88 Å². The molecule has 0 aliphatic rings. The number of benzene rings is 1. The number of nitrogens with zero attached hydrogens (tertiary/aromatic N) is 1. The van der Waals surface area contributed by atoms with Gasteiger partial charge in [0.25, 0.3) is 0 Å². The van der Waals surface area contributed by atoms with Gasteiger partial charge in [-0.05, 0) is 25.5 Å². The molecule has 0 saturated carbocycles. The van der Waals surface area contributed by atoms with Crippen LogP contribution in [0.5, 0.6) is 0 Å². The Balaban J connectivity index is 2.44. The van der Waals surface area contributed by atoms with Crippen molar-refractivity contribution in [2.45, 2.75) is 19.7 Å². The van der Waals surface area contributed by atoms with Crippen molar-refractivity contribution in [1.82, 2.24) is 4.98 Å². The van der Waals surface area contributed by atoms with E-state index in [0.717, 1.165) is 16.8 Å². The molecule has 15 heavy (non-hydrogen) atoms. The molecule has 0 radical (unpaired) electrons. The van der Waals surface area contributed by atoms with Gasteiger partial charge in [0.05, 0.1) is 11.6 Å². The SMILES string of the molecule is Cc1ccc(-c2nc(CCl)co2)c(C)c1. The van der Waals surface area contributed by atoms with Gasteiger partial charge in [-0.2, -0.15) is 0 Å². The molecule has 1 heterocycles. The second-order valence-electron chi connectivity index (χ2n) is 3.60. The third-order valence-corrected chi connectivity index (χ3v) is 2.57. The highest BCUT2D eigenvalue weighted by molar-refractivity contribution is 6.16. The van der Waals surface area contributed by atoms with Gasteiger partial charge in [0.2, 0.25) is 5.89 Å². The molecule has 0 amide bonds. The number of hydrogen-bond acceptors (Lipinski definition) is 2. The van der Waals surface area contributed by atoms with Gasteiger partial charge in [0.15, 0.2) is 0 Å². The molecule has 0 bridgehead atoms. The summed E-state index contributed by atoms with van der Waals surface area (Å²) in [6.45, 7) is 4.11. The van der Waals surface area contributed by atoms with E-state index in [9.17, 15) is 0 Å². The van der Waals surface area contributed by atoms with Crippen LogP contribution in [0.25, 0.3) is 11.5 Å². The van der Waals surface area contributed by atoms with Crippen LogP contribution in [-0.4, -0.2) is 4.98 Å². The normalized spacial score (nSPS) is 10.6. The largest absolute Gasteiger partial charge is 0.444 e. The summed E-state index contributed by atoms with van der Waals surface area (Å²) >= 11 is 5.67. The molecule has 0 spiro atoms. The zero-order valence-corrected chi connectivity index (χ0v) is 9.51. The molecule has 0 unspecified atom stereocenters. The first kappa shape index (κ1) is 10.2. The Morgan fingerprint density at radius 2 is 2.13 bits per heavy atom. The summed E-state index contributed by atoms with van der Waals surface area (Å²) in [4.78, 5) is 4.29. The van der Waals surface area contributed by atoms with E-state index in [4.69, 9.17) is 16.0 Å². The average molecular weight is 222 g/mol. The maximum Gasteiger partial charge on any atom is 0.226 e. The molecule has 78 valence electrons. The second-order valence-corrected chi connectivity index (χ2v) is 3.86. The van der Waals surface area contributed by atoms with Crippen molar-refractivity contribution >= 4 is 11.6 Å². The molecule has 2 rings (SSSR count). The lowest BCUT2D eigenvalue weighted by Crippen LogP contribution is -1.85. The summed E-state index contributed by atoms with van der Waals surface area (Å²) in [7, 11) is 0. The fraction of sp³-hybridized carbons (Fsp3) is 0.250. The molecule has 1 aromatic carbocycles. The van der Waals surface area contributed by atoms with Crippen LogP contribution in [0.4, 0.5) is 0 Å². The maximum absolute atomic E-state index is 5.67. The van der Waals surface area contributed by atoms with Gasteiger partial charge < -0.3 is 4.42 Å². The van der Waals surface area contributed by atoms with Crippen LogP contribution < -0.4 is 0 Å². The van der Waals surface area contributed by atoms with E-state index in [2.05, 4.69) is 18.0 Å². The summed E-state index contributed by atoms with van der Waals surface area (Å²) in [6.07, 6.45) is 1.60. The monoisotopic (exact) mass is 221 g/mol. The van der Waals surface area contributed by atoms with E-state index >= 15 is 0 Å². The summed E-state index contributed by atoms with van der Waals surface area (Å²) < 4.78 is 5.37. The molecule has 0 atom stereocenters. The molecule has 3 heteroatoms. The minimum Gasteiger partial charge on any atom is -0.444 e. The lowest BCUT2D eigenvalue weighted by atomic mass is 10.1. The third-order valence-electron chi connectivity index (χ3n) is 2.30. The van der Waals surface area contributed by atoms with E-state index < -0.39 is 0 Å². The number of alkyl halides is 1. The van der Waals surface area contributed by atoms with Gasteiger partial charge >= 0.3 is 0 Å². The van der Waals surface area contributed by atoms with E-state index in [1.54, 1.807) is 6.26 Å². The average Bonchev–Trinajstić information content (AvgIpc) is 2.66. The van der Waals surface area contributed by atoms with Crippen molar-refractivity contribution in [3.05, 3.63) is 41.3 Å². The highest BCUT2D eigenvalue weighted by atomic mass is 35.5. The standard InChI is InChI=1S/C12H12ClNO/c1-8-3-4-11(9(2)5-8)12-14-10(6-13)7-15-12/h3-5,7H,6H2,1-2H3. The lowest BCUT2D eigenvalue weighted by molar-refractivity contribution is 0.573. The van der Waals surface area contributed by atoms with Crippen LogP contribution in [0.2, 0.25) is 0 Å². The molecular formula is C12H12ClNO. The van der Waals surface area contributed by atoms with Crippen molar-refractivity contribution in [2.24, 2.45) is 0 Å². The molecule has 1 aromatic heterocycles. The van der Waals surface area contributed by atoms with Crippen molar-refractivity contribution < 1.29 is 4.42 Å². The van der Waals surface area contributed by atoms with E-state index in [1.807, 2.05) is 19.1 Å². The predicted molar refractivity (Wildman–Crippen MR) is 61.0 cm³/mol. The Bertz CT molecular complexity index is 476. The van der Waals surface area contributed by atoms with Crippen LogP contribution in [0.3, 0.4) is 0 Å². The van der Waals surface area contributed by atoms with E-state index in [-0.39, 0.29) is 0 Å². The Labute approximate surface area is 93.9 Å². The topological polar surface area (TPSA) is 26.0 Å². The van der Waals surface area contributed by atoms with Crippen molar-refractivity contribution in [3.63, 3.8) is 0 Å². The zero-order chi connectivity index (χ0) is 10.8. The Morgan fingerprint density at radius 1 is 1.33 bits per heavy atom. The van der Waals surface area contributed by atoms with Gasteiger partial charge in [-0.3, -0.25) is 0 Å². The van der Waals surface area contributed by atoms with Gasteiger partial charge in [0, 0.05) is 5.56 Å². The first-order valence-corrected chi connectivity index (χ1v) is 5.32. The first-order valence-electron chi connectivity index (χ1n) is 4.78.